The Kier molecular flexibility index (Phi) is 10.6. The van der Waals surface area contributed by atoms with Gasteiger partial charge in [0, 0.05) is 0 Å². The smallest absolute Gasteiger partial charge is 0.248 e. The Morgan fingerprint density at radius 3 is 1.53 bits per heavy atom. The average molecular weight is 315 g/mol. The van der Waals surface area contributed by atoms with Gasteiger partial charge in [0.05, 0.1) is 37.3 Å². The molecule has 0 amide bonds. The third-order valence-corrected chi connectivity index (χ3v) is 2.97. The largest absolute Gasteiger partial charge is 0.477 e. The summed E-state index contributed by atoms with van der Waals surface area (Å²) in [5.41, 5.74) is 0. The summed E-state index contributed by atoms with van der Waals surface area (Å²) in [4.78, 5) is 0. The molecule has 0 unspecified atom stereocenters. The van der Waals surface area contributed by atoms with Gasteiger partial charge in [0.25, 0.3) is 0 Å². The fraction of sp³-hybridized carbons (Fsp3) is 0.800. The maximum atomic E-state index is 5.26. The Morgan fingerprint density at radius 2 is 1.24 bits per heavy atom. The fourth-order valence-electron chi connectivity index (χ4n) is 0.590. The van der Waals surface area contributed by atoms with E-state index in [2.05, 4.69) is 27.7 Å². The zero-order chi connectivity index (χ0) is 13.3. The topological polar surface area (TPSA) is 27.7 Å². The van der Waals surface area contributed by atoms with Crippen molar-refractivity contribution >= 4 is 57.3 Å². The van der Waals surface area contributed by atoms with Gasteiger partial charge < -0.3 is 9.47 Å². The molecular formula is C10H18O3S4. The van der Waals surface area contributed by atoms with Crippen LogP contribution >= 0.6 is 48.5 Å². The van der Waals surface area contributed by atoms with E-state index >= 15 is 0 Å². The Hall–Kier alpha value is 0.440. The van der Waals surface area contributed by atoms with Gasteiger partial charge in [-0.1, -0.05) is 27.7 Å². The molecule has 0 saturated carbocycles. The highest BCUT2D eigenvalue weighted by molar-refractivity contribution is 8.29. The van der Waals surface area contributed by atoms with Gasteiger partial charge in [-0.3, -0.25) is 0 Å². The van der Waals surface area contributed by atoms with E-state index in [0.29, 0.717) is 33.8 Å². The van der Waals surface area contributed by atoms with Gasteiger partial charge in [0.2, 0.25) is 8.77 Å². The van der Waals surface area contributed by atoms with Crippen molar-refractivity contribution in [2.75, 3.05) is 13.2 Å². The first kappa shape index (κ1) is 17.4. The van der Waals surface area contributed by atoms with Crippen molar-refractivity contribution in [3.05, 3.63) is 0 Å². The van der Waals surface area contributed by atoms with Crippen molar-refractivity contribution < 1.29 is 13.1 Å². The number of hydrogen-bond donors (Lipinski definition) is 0. The van der Waals surface area contributed by atoms with Gasteiger partial charge in [-0.05, 0) is 36.3 Å². The minimum absolute atomic E-state index is 0.359. The minimum Gasteiger partial charge on any atom is -0.477 e. The molecule has 100 valence electrons. The molecule has 0 bridgehead atoms. The van der Waals surface area contributed by atoms with Crippen molar-refractivity contribution in [1.82, 2.24) is 0 Å². The van der Waals surface area contributed by atoms with Crippen molar-refractivity contribution in [3.8, 4) is 0 Å². The fourth-order valence-corrected chi connectivity index (χ4v) is 2.04. The highest BCUT2D eigenvalue weighted by Crippen LogP contribution is 2.20. The van der Waals surface area contributed by atoms with Crippen LogP contribution in [0.15, 0.2) is 0 Å². The lowest BCUT2D eigenvalue weighted by molar-refractivity contribution is 0.271. The maximum absolute atomic E-state index is 5.26. The number of hydrogen-bond acceptors (Lipinski definition) is 7. The molecule has 0 aliphatic carbocycles. The molecule has 0 heterocycles. The van der Waals surface area contributed by atoms with E-state index in [1.165, 1.54) is 0 Å². The molecule has 0 saturated heterocycles. The van der Waals surface area contributed by atoms with Crippen molar-refractivity contribution in [3.63, 3.8) is 0 Å². The Balaban J connectivity index is 3.49. The molecule has 0 radical (unpaired) electrons. The minimum atomic E-state index is 0.359. The first-order chi connectivity index (χ1) is 7.91. The highest BCUT2D eigenvalue weighted by atomic mass is 32.2. The van der Waals surface area contributed by atoms with Crippen molar-refractivity contribution in [2.24, 2.45) is 11.8 Å². The Bertz CT molecular complexity index is 220. The van der Waals surface area contributed by atoms with E-state index in [1.54, 1.807) is 0 Å². The predicted octanol–water partition coefficient (Wildman–Crippen LogP) is 4.21. The summed E-state index contributed by atoms with van der Waals surface area (Å²) >= 11 is 11.9. The number of rotatable bonds is 6. The van der Waals surface area contributed by atoms with Crippen LogP contribution in [-0.2, 0) is 13.1 Å². The molecule has 0 rings (SSSR count). The highest BCUT2D eigenvalue weighted by Gasteiger charge is 2.06. The summed E-state index contributed by atoms with van der Waals surface area (Å²) < 4.78 is 16.4. The Labute approximate surface area is 123 Å². The summed E-state index contributed by atoms with van der Waals surface area (Å²) in [6, 6.07) is 0. The van der Waals surface area contributed by atoms with Gasteiger partial charge >= 0.3 is 0 Å². The van der Waals surface area contributed by atoms with Crippen LogP contribution in [0, 0.1) is 11.8 Å². The van der Waals surface area contributed by atoms with Gasteiger partial charge in [-0.25, -0.2) is 3.63 Å². The van der Waals surface area contributed by atoms with Crippen LogP contribution < -0.4 is 0 Å². The Morgan fingerprint density at radius 1 is 0.882 bits per heavy atom. The van der Waals surface area contributed by atoms with Crippen LogP contribution in [0.3, 0.4) is 0 Å². The zero-order valence-electron chi connectivity index (χ0n) is 10.4. The molecule has 0 aromatic heterocycles. The lowest BCUT2D eigenvalue weighted by atomic mass is 10.2. The summed E-state index contributed by atoms with van der Waals surface area (Å²) in [5.74, 6) is 0.883. The van der Waals surface area contributed by atoms with E-state index in [-0.39, 0.29) is 0 Å². The lowest BCUT2D eigenvalue weighted by Crippen LogP contribution is -2.06. The quantitative estimate of drug-likeness (QED) is 0.535. The van der Waals surface area contributed by atoms with E-state index in [4.69, 9.17) is 37.5 Å². The first-order valence-electron chi connectivity index (χ1n) is 5.26. The second-order valence-electron chi connectivity index (χ2n) is 4.14. The maximum Gasteiger partial charge on any atom is 0.248 e. The normalized spacial score (nSPS) is 10.7. The summed E-state index contributed by atoms with van der Waals surface area (Å²) in [6.07, 6.45) is 0. The van der Waals surface area contributed by atoms with Gasteiger partial charge in [0.1, 0.15) is 0 Å². The van der Waals surface area contributed by atoms with Crippen LogP contribution in [0.2, 0.25) is 0 Å². The molecule has 0 atom stereocenters. The van der Waals surface area contributed by atoms with E-state index in [0.717, 1.165) is 24.1 Å². The molecule has 0 spiro atoms. The second kappa shape index (κ2) is 10.4. The van der Waals surface area contributed by atoms with Gasteiger partial charge in [0.15, 0.2) is 0 Å². The lowest BCUT2D eigenvalue weighted by Gasteiger charge is -2.09. The van der Waals surface area contributed by atoms with E-state index < -0.39 is 0 Å². The first-order valence-corrected chi connectivity index (χ1v) is 7.56. The molecule has 0 N–H and O–H groups in total. The van der Waals surface area contributed by atoms with Gasteiger partial charge in [-0.2, -0.15) is 0 Å². The van der Waals surface area contributed by atoms with Crippen LogP contribution in [0.4, 0.5) is 0 Å². The van der Waals surface area contributed by atoms with Crippen LogP contribution in [0.25, 0.3) is 0 Å². The summed E-state index contributed by atoms with van der Waals surface area (Å²) in [5, 5.41) is 0. The van der Waals surface area contributed by atoms with Crippen molar-refractivity contribution in [1.29, 1.82) is 0 Å². The van der Waals surface area contributed by atoms with Crippen LogP contribution in [0.1, 0.15) is 27.7 Å². The molecular weight excluding hydrogens is 296 g/mol. The van der Waals surface area contributed by atoms with Crippen molar-refractivity contribution in [2.45, 2.75) is 27.7 Å². The predicted molar refractivity (Wildman–Crippen MR) is 83.0 cm³/mol. The average Bonchev–Trinajstić information content (AvgIpc) is 2.23. The summed E-state index contributed by atoms with van der Waals surface area (Å²) in [6.45, 7) is 9.40. The van der Waals surface area contributed by atoms with E-state index in [9.17, 15) is 0 Å². The third kappa shape index (κ3) is 12.7. The zero-order valence-corrected chi connectivity index (χ0v) is 13.7. The number of thiocarbonyl (C=S) groups is 2. The standard InChI is InChI=1S/C10H18O3S4/c1-7(2)5-11-9(14)16-13-17-10(15)12-6-8(3)4/h7-8H,5-6H2,1-4H3. The summed E-state index contributed by atoms with van der Waals surface area (Å²) in [7, 11) is 0. The van der Waals surface area contributed by atoms with Gasteiger partial charge in [-0.15, -0.1) is 0 Å². The van der Waals surface area contributed by atoms with Crippen LogP contribution in [0.5, 0.6) is 0 Å². The molecule has 3 nitrogen and oxygen atoms in total. The second-order valence-corrected chi connectivity index (χ2v) is 7.02. The third-order valence-electron chi connectivity index (χ3n) is 1.27. The molecule has 0 aromatic rings. The molecule has 7 heteroatoms. The molecule has 0 aromatic carbocycles. The molecule has 17 heavy (non-hydrogen) atoms. The number of ether oxygens (including phenoxy) is 2. The molecule has 0 fully saturated rings. The monoisotopic (exact) mass is 314 g/mol. The van der Waals surface area contributed by atoms with E-state index in [1.807, 2.05) is 0 Å². The van der Waals surface area contributed by atoms with Crippen LogP contribution in [-0.4, -0.2) is 22.0 Å². The SMILES string of the molecule is CC(C)COC(=S)SOSC(=S)OCC(C)C. The molecule has 0 aliphatic heterocycles. The molecule has 0 aliphatic rings.